The van der Waals surface area contributed by atoms with E-state index in [1.807, 2.05) is 12.1 Å². The number of benzene rings is 8. The van der Waals surface area contributed by atoms with E-state index in [1.54, 1.807) is 0 Å². The van der Waals surface area contributed by atoms with Crippen molar-refractivity contribution in [3.63, 3.8) is 0 Å². The molecule has 0 bridgehead atoms. The third-order valence-electron chi connectivity index (χ3n) is 8.47. The molecule has 0 fully saturated rings. The molecule has 194 valence electrons. The molecule has 0 N–H and O–H groups in total. The quantitative estimate of drug-likeness (QED) is 0.164. The van der Waals surface area contributed by atoms with Gasteiger partial charge in [-0.2, -0.15) is 5.26 Å². The molecular weight excluding hydrogens is 506 g/mol. The van der Waals surface area contributed by atoms with Crippen LogP contribution in [0.25, 0.3) is 76.5 Å². The van der Waals surface area contributed by atoms with Gasteiger partial charge in [0.05, 0.1) is 11.6 Å². The lowest BCUT2D eigenvalue weighted by Crippen LogP contribution is -1.91. The first-order chi connectivity index (χ1) is 20.8. The van der Waals surface area contributed by atoms with Crippen LogP contribution in [0.2, 0.25) is 0 Å². The molecule has 0 saturated heterocycles. The highest BCUT2D eigenvalue weighted by atomic mass is 14.2. The Kier molecular flexibility index (Phi) is 5.59. The third-order valence-corrected chi connectivity index (χ3v) is 8.47. The van der Waals surface area contributed by atoms with Gasteiger partial charge in [-0.05, 0) is 101 Å². The third kappa shape index (κ3) is 3.78. The number of nitriles is 1. The summed E-state index contributed by atoms with van der Waals surface area (Å²) in [6.07, 6.45) is 0. The summed E-state index contributed by atoms with van der Waals surface area (Å²) in [4.78, 5) is 0. The molecule has 0 atom stereocenters. The summed E-state index contributed by atoms with van der Waals surface area (Å²) in [5.74, 6) is 0. The maximum atomic E-state index is 9.37. The highest BCUT2D eigenvalue weighted by molar-refractivity contribution is 6.22. The fraction of sp³-hybridized carbons (Fsp3) is 0. The van der Waals surface area contributed by atoms with Crippen LogP contribution in [-0.4, -0.2) is 0 Å². The van der Waals surface area contributed by atoms with Gasteiger partial charge >= 0.3 is 0 Å². The van der Waals surface area contributed by atoms with Gasteiger partial charge in [0.25, 0.3) is 0 Å². The fourth-order valence-electron chi connectivity index (χ4n) is 6.58. The Bertz CT molecular complexity index is 2280. The van der Waals surface area contributed by atoms with E-state index < -0.39 is 0 Å². The van der Waals surface area contributed by atoms with Crippen molar-refractivity contribution >= 4 is 43.1 Å². The van der Waals surface area contributed by atoms with E-state index in [0.717, 1.165) is 5.56 Å². The summed E-state index contributed by atoms with van der Waals surface area (Å²) in [5, 5.41) is 19.2. The van der Waals surface area contributed by atoms with E-state index >= 15 is 0 Å². The molecule has 0 spiro atoms. The van der Waals surface area contributed by atoms with Gasteiger partial charge in [0.2, 0.25) is 0 Å². The summed E-state index contributed by atoms with van der Waals surface area (Å²) in [6, 6.07) is 56.3. The summed E-state index contributed by atoms with van der Waals surface area (Å²) in [7, 11) is 0. The van der Waals surface area contributed by atoms with Crippen LogP contribution >= 0.6 is 0 Å². The molecule has 0 aliphatic carbocycles. The number of rotatable bonds is 3. The first-order valence-electron chi connectivity index (χ1n) is 14.3. The van der Waals surface area contributed by atoms with Gasteiger partial charge in [-0.3, -0.25) is 0 Å². The molecule has 0 aromatic heterocycles. The summed E-state index contributed by atoms with van der Waals surface area (Å²) in [5.41, 5.74) is 7.93. The molecule has 1 heteroatoms. The number of hydrogen-bond donors (Lipinski definition) is 0. The van der Waals surface area contributed by atoms with Gasteiger partial charge in [0.1, 0.15) is 0 Å². The first kappa shape index (κ1) is 24.1. The summed E-state index contributed by atoms with van der Waals surface area (Å²) >= 11 is 0. The van der Waals surface area contributed by atoms with E-state index in [4.69, 9.17) is 0 Å². The lowest BCUT2D eigenvalue weighted by Gasteiger charge is -2.18. The highest BCUT2D eigenvalue weighted by Gasteiger charge is 2.17. The minimum Gasteiger partial charge on any atom is -0.192 e. The number of hydrogen-bond acceptors (Lipinski definition) is 1. The zero-order valence-corrected chi connectivity index (χ0v) is 22.9. The SMILES string of the molecule is N#Cc1ccc(-c2c3ccccc3c(-c3ccc4cc(-c5ccccc5)c5ccccc5c4c3)c3ccccc23)cc1. The van der Waals surface area contributed by atoms with Crippen LogP contribution in [0.3, 0.4) is 0 Å². The van der Waals surface area contributed by atoms with E-state index in [0.29, 0.717) is 5.56 Å². The monoisotopic (exact) mass is 531 g/mol. The Morgan fingerprint density at radius 3 is 1.45 bits per heavy atom. The molecule has 0 radical (unpaired) electrons. The lowest BCUT2D eigenvalue weighted by molar-refractivity contribution is 1.49. The zero-order valence-electron chi connectivity index (χ0n) is 22.9. The topological polar surface area (TPSA) is 23.8 Å². The number of fused-ring (bicyclic) bond motifs is 5. The Morgan fingerprint density at radius 2 is 0.857 bits per heavy atom. The Labute approximate surface area is 244 Å². The summed E-state index contributed by atoms with van der Waals surface area (Å²) in [6.45, 7) is 0. The average molecular weight is 532 g/mol. The van der Waals surface area contributed by atoms with Gasteiger partial charge in [-0.1, -0.05) is 127 Å². The second-order valence-corrected chi connectivity index (χ2v) is 10.8. The van der Waals surface area contributed by atoms with Crippen LogP contribution in [0.4, 0.5) is 0 Å². The first-order valence-corrected chi connectivity index (χ1v) is 14.3. The Balaban J connectivity index is 1.44. The standard InChI is InChI=1S/C41H25N/c42-26-27-18-20-29(21-19-27)40-34-14-6-8-16-36(34)41(37-17-9-7-15-35(37)40)31-23-22-30-24-38(28-10-2-1-3-11-28)32-12-4-5-13-33(32)39(30)25-31/h1-25H. The predicted molar refractivity (Wildman–Crippen MR) is 177 cm³/mol. The molecule has 0 heterocycles. The molecule has 0 saturated carbocycles. The number of nitrogens with zero attached hydrogens (tertiary/aromatic N) is 1. The van der Waals surface area contributed by atoms with Crippen LogP contribution < -0.4 is 0 Å². The molecule has 1 nitrogen and oxygen atoms in total. The van der Waals surface area contributed by atoms with Crippen LogP contribution in [0.5, 0.6) is 0 Å². The van der Waals surface area contributed by atoms with Gasteiger partial charge in [-0.25, -0.2) is 0 Å². The molecular formula is C41H25N. The van der Waals surface area contributed by atoms with E-state index in [1.165, 1.54) is 70.9 Å². The molecule has 42 heavy (non-hydrogen) atoms. The second kappa shape index (κ2) is 9.73. The van der Waals surface area contributed by atoms with Crippen molar-refractivity contribution in [3.05, 3.63) is 157 Å². The van der Waals surface area contributed by atoms with Crippen molar-refractivity contribution in [1.82, 2.24) is 0 Å². The fourth-order valence-corrected chi connectivity index (χ4v) is 6.58. The lowest BCUT2D eigenvalue weighted by atomic mass is 9.85. The summed E-state index contributed by atoms with van der Waals surface area (Å²) < 4.78 is 0. The van der Waals surface area contributed by atoms with Crippen molar-refractivity contribution in [2.45, 2.75) is 0 Å². The second-order valence-electron chi connectivity index (χ2n) is 10.8. The van der Waals surface area contributed by atoms with Crippen molar-refractivity contribution in [2.24, 2.45) is 0 Å². The molecule has 0 aliphatic heterocycles. The Morgan fingerprint density at radius 1 is 0.357 bits per heavy atom. The molecule has 0 unspecified atom stereocenters. The molecule has 8 rings (SSSR count). The van der Waals surface area contributed by atoms with E-state index in [-0.39, 0.29) is 0 Å². The molecule has 8 aromatic rings. The molecule has 0 aliphatic rings. The molecule has 0 amide bonds. The minimum atomic E-state index is 0.669. The van der Waals surface area contributed by atoms with Crippen LogP contribution in [0.15, 0.2) is 152 Å². The van der Waals surface area contributed by atoms with Gasteiger partial charge < -0.3 is 0 Å². The van der Waals surface area contributed by atoms with Crippen molar-refractivity contribution in [3.8, 4) is 39.4 Å². The van der Waals surface area contributed by atoms with Crippen LogP contribution in [0.1, 0.15) is 5.56 Å². The largest absolute Gasteiger partial charge is 0.192 e. The maximum absolute atomic E-state index is 9.37. The van der Waals surface area contributed by atoms with E-state index in [2.05, 4.69) is 146 Å². The van der Waals surface area contributed by atoms with Crippen molar-refractivity contribution in [1.29, 1.82) is 5.26 Å². The normalized spacial score (nSPS) is 11.3. The van der Waals surface area contributed by atoms with E-state index in [9.17, 15) is 5.26 Å². The smallest absolute Gasteiger partial charge is 0.0991 e. The van der Waals surface area contributed by atoms with Gasteiger partial charge in [0, 0.05) is 0 Å². The Hall–Kier alpha value is -5.71. The average Bonchev–Trinajstić information content (AvgIpc) is 3.07. The van der Waals surface area contributed by atoms with Crippen molar-refractivity contribution < 1.29 is 0 Å². The van der Waals surface area contributed by atoms with Gasteiger partial charge in [-0.15, -0.1) is 0 Å². The van der Waals surface area contributed by atoms with Crippen molar-refractivity contribution in [2.75, 3.05) is 0 Å². The van der Waals surface area contributed by atoms with Crippen LogP contribution in [0, 0.1) is 11.3 Å². The highest BCUT2D eigenvalue weighted by Crippen LogP contribution is 2.45. The zero-order chi connectivity index (χ0) is 28.0. The van der Waals surface area contributed by atoms with Gasteiger partial charge in [0.15, 0.2) is 0 Å². The molecule has 8 aromatic carbocycles. The maximum Gasteiger partial charge on any atom is 0.0991 e. The van der Waals surface area contributed by atoms with Crippen LogP contribution in [-0.2, 0) is 0 Å². The predicted octanol–water partition coefficient (Wildman–Crippen LogP) is 11.2. The minimum absolute atomic E-state index is 0.669.